The van der Waals surface area contributed by atoms with Crippen molar-refractivity contribution in [2.24, 2.45) is 29.4 Å². The SMILES string of the molecule is CC1CC(CN)CN1C(=O)C1C2CCCC21.Cl. The van der Waals surface area contributed by atoms with E-state index in [2.05, 4.69) is 11.8 Å². The first kappa shape index (κ1) is 13.2. The lowest BCUT2D eigenvalue weighted by Gasteiger charge is -2.22. The van der Waals surface area contributed by atoms with E-state index in [9.17, 15) is 4.79 Å². The minimum absolute atomic E-state index is 0. The summed E-state index contributed by atoms with van der Waals surface area (Å²) < 4.78 is 0. The Hall–Kier alpha value is -0.280. The smallest absolute Gasteiger partial charge is 0.226 e. The molecule has 2 saturated carbocycles. The fourth-order valence-corrected chi connectivity index (χ4v) is 4.00. The van der Waals surface area contributed by atoms with Crippen LogP contribution in [0.25, 0.3) is 0 Å². The van der Waals surface area contributed by atoms with Crippen molar-refractivity contribution in [1.82, 2.24) is 4.90 Å². The fraction of sp³-hybridized carbons (Fsp3) is 0.923. The molecule has 1 aliphatic heterocycles. The number of rotatable bonds is 2. The van der Waals surface area contributed by atoms with Crippen molar-refractivity contribution in [1.29, 1.82) is 0 Å². The number of carbonyl (C=O) groups is 1. The predicted octanol–water partition coefficient (Wildman–Crippen LogP) is 1.65. The van der Waals surface area contributed by atoms with E-state index in [0.29, 0.717) is 23.8 Å². The molecule has 3 rings (SSSR count). The number of carbonyl (C=O) groups excluding carboxylic acids is 1. The van der Waals surface area contributed by atoms with Crippen molar-refractivity contribution in [2.45, 2.75) is 38.6 Å². The Balaban J connectivity index is 0.00000108. The van der Waals surface area contributed by atoms with E-state index in [-0.39, 0.29) is 12.4 Å². The predicted molar refractivity (Wildman–Crippen MR) is 69.9 cm³/mol. The van der Waals surface area contributed by atoms with Gasteiger partial charge in [0, 0.05) is 18.5 Å². The lowest BCUT2D eigenvalue weighted by atomic mass is 10.1. The zero-order valence-corrected chi connectivity index (χ0v) is 11.3. The molecule has 0 aromatic rings. The molecule has 0 radical (unpaired) electrons. The van der Waals surface area contributed by atoms with Gasteiger partial charge in [-0.3, -0.25) is 4.79 Å². The van der Waals surface area contributed by atoms with E-state index in [1.165, 1.54) is 19.3 Å². The van der Waals surface area contributed by atoms with E-state index in [4.69, 9.17) is 5.73 Å². The summed E-state index contributed by atoms with van der Waals surface area (Å²) in [4.78, 5) is 14.5. The summed E-state index contributed by atoms with van der Waals surface area (Å²) in [6, 6.07) is 0.419. The lowest BCUT2D eigenvalue weighted by molar-refractivity contribution is -0.134. The minimum atomic E-state index is 0. The number of halogens is 1. The van der Waals surface area contributed by atoms with Crippen LogP contribution < -0.4 is 5.73 Å². The summed E-state index contributed by atoms with van der Waals surface area (Å²) in [7, 11) is 0. The molecule has 98 valence electrons. The summed E-state index contributed by atoms with van der Waals surface area (Å²) in [6.45, 7) is 3.81. The molecule has 1 amide bonds. The second-order valence-electron chi connectivity index (χ2n) is 5.96. The molecule has 3 nitrogen and oxygen atoms in total. The van der Waals surface area contributed by atoms with Crippen molar-refractivity contribution in [2.75, 3.05) is 13.1 Å². The first-order valence-corrected chi connectivity index (χ1v) is 6.73. The molecular weight excluding hydrogens is 236 g/mol. The summed E-state index contributed by atoms with van der Waals surface area (Å²) in [6.07, 6.45) is 5.04. The van der Waals surface area contributed by atoms with Crippen LogP contribution in [0, 0.1) is 23.7 Å². The molecule has 0 aromatic carbocycles. The van der Waals surface area contributed by atoms with Crippen LogP contribution in [0.15, 0.2) is 0 Å². The van der Waals surface area contributed by atoms with Gasteiger partial charge in [0.05, 0.1) is 0 Å². The number of likely N-dealkylation sites (tertiary alicyclic amines) is 1. The molecule has 3 aliphatic rings. The van der Waals surface area contributed by atoms with E-state index < -0.39 is 0 Å². The van der Waals surface area contributed by atoms with Crippen LogP contribution in [0.5, 0.6) is 0 Å². The molecule has 4 atom stereocenters. The standard InChI is InChI=1S/C13H22N2O.ClH/c1-8-5-9(6-14)7-15(8)13(16)12-10-3-2-4-11(10)12;/h8-12H,2-7,14H2,1H3;1H. The summed E-state index contributed by atoms with van der Waals surface area (Å²) in [5, 5.41) is 0. The number of amides is 1. The molecule has 1 heterocycles. The number of fused-ring (bicyclic) bond motifs is 1. The third-order valence-electron chi connectivity index (χ3n) is 4.97. The topological polar surface area (TPSA) is 46.3 Å². The average molecular weight is 259 g/mol. The van der Waals surface area contributed by atoms with Crippen LogP contribution in [-0.2, 0) is 4.79 Å². The highest BCUT2D eigenvalue weighted by atomic mass is 35.5. The summed E-state index contributed by atoms with van der Waals surface area (Å²) in [5.74, 6) is 2.87. The monoisotopic (exact) mass is 258 g/mol. The van der Waals surface area contributed by atoms with Crippen molar-refractivity contribution >= 4 is 18.3 Å². The highest BCUT2D eigenvalue weighted by molar-refractivity contribution is 5.85. The normalized spacial score (nSPS) is 43.2. The Morgan fingerprint density at radius 1 is 1.35 bits per heavy atom. The van der Waals surface area contributed by atoms with E-state index in [0.717, 1.165) is 31.3 Å². The van der Waals surface area contributed by atoms with Crippen molar-refractivity contribution in [3.8, 4) is 0 Å². The maximum atomic E-state index is 12.4. The van der Waals surface area contributed by atoms with E-state index in [1.54, 1.807) is 0 Å². The zero-order chi connectivity index (χ0) is 11.3. The number of nitrogens with two attached hydrogens (primary N) is 1. The van der Waals surface area contributed by atoms with Crippen LogP contribution in [0.2, 0.25) is 0 Å². The van der Waals surface area contributed by atoms with Crippen molar-refractivity contribution in [3.63, 3.8) is 0 Å². The molecule has 2 aliphatic carbocycles. The second kappa shape index (κ2) is 4.77. The zero-order valence-electron chi connectivity index (χ0n) is 10.5. The molecule has 1 saturated heterocycles. The largest absolute Gasteiger partial charge is 0.339 e. The lowest BCUT2D eigenvalue weighted by Crippen LogP contribution is -2.36. The van der Waals surface area contributed by atoms with Gasteiger partial charge in [-0.25, -0.2) is 0 Å². The van der Waals surface area contributed by atoms with Gasteiger partial charge in [-0.1, -0.05) is 6.42 Å². The van der Waals surface area contributed by atoms with Crippen LogP contribution in [0.3, 0.4) is 0 Å². The highest BCUT2D eigenvalue weighted by Crippen LogP contribution is 2.58. The van der Waals surface area contributed by atoms with Gasteiger partial charge >= 0.3 is 0 Å². The van der Waals surface area contributed by atoms with Gasteiger partial charge < -0.3 is 10.6 Å². The third-order valence-corrected chi connectivity index (χ3v) is 4.97. The maximum Gasteiger partial charge on any atom is 0.226 e. The van der Waals surface area contributed by atoms with Crippen LogP contribution >= 0.6 is 12.4 Å². The fourth-order valence-electron chi connectivity index (χ4n) is 4.00. The van der Waals surface area contributed by atoms with Crippen molar-refractivity contribution < 1.29 is 4.79 Å². The quantitative estimate of drug-likeness (QED) is 0.819. The molecule has 2 N–H and O–H groups in total. The Morgan fingerprint density at radius 3 is 2.53 bits per heavy atom. The van der Waals surface area contributed by atoms with Crippen molar-refractivity contribution in [3.05, 3.63) is 0 Å². The Kier molecular flexibility index (Phi) is 3.69. The van der Waals surface area contributed by atoms with E-state index in [1.807, 2.05) is 0 Å². The van der Waals surface area contributed by atoms with Crippen LogP contribution in [0.1, 0.15) is 32.6 Å². The summed E-state index contributed by atoms with van der Waals surface area (Å²) in [5.41, 5.74) is 5.70. The minimum Gasteiger partial charge on any atom is -0.339 e. The Morgan fingerprint density at radius 2 is 2.00 bits per heavy atom. The first-order valence-electron chi connectivity index (χ1n) is 6.73. The van der Waals surface area contributed by atoms with Gasteiger partial charge in [0.2, 0.25) is 5.91 Å². The third kappa shape index (κ3) is 2.08. The molecular formula is C13H23ClN2O. The number of hydrogen-bond acceptors (Lipinski definition) is 2. The molecule has 0 spiro atoms. The van der Waals surface area contributed by atoms with E-state index >= 15 is 0 Å². The number of nitrogens with zero attached hydrogens (tertiary/aromatic N) is 1. The van der Waals surface area contributed by atoms with Crippen LogP contribution in [0.4, 0.5) is 0 Å². The average Bonchev–Trinajstić information content (AvgIpc) is 2.67. The second-order valence-corrected chi connectivity index (χ2v) is 5.96. The van der Waals surface area contributed by atoms with Gasteiger partial charge in [-0.2, -0.15) is 0 Å². The first-order chi connectivity index (χ1) is 7.72. The molecule has 4 unspecified atom stereocenters. The molecule has 0 aromatic heterocycles. The van der Waals surface area contributed by atoms with Gasteiger partial charge in [-0.05, 0) is 50.5 Å². The van der Waals surface area contributed by atoms with Gasteiger partial charge in [0.25, 0.3) is 0 Å². The van der Waals surface area contributed by atoms with Gasteiger partial charge in [0.15, 0.2) is 0 Å². The Labute approximate surface area is 110 Å². The molecule has 4 heteroatoms. The highest BCUT2D eigenvalue weighted by Gasteiger charge is 2.58. The number of hydrogen-bond donors (Lipinski definition) is 1. The van der Waals surface area contributed by atoms with Gasteiger partial charge in [-0.15, -0.1) is 12.4 Å². The summed E-state index contributed by atoms with van der Waals surface area (Å²) >= 11 is 0. The Bertz CT molecular complexity index is 300. The van der Waals surface area contributed by atoms with Gasteiger partial charge in [0.1, 0.15) is 0 Å². The maximum absolute atomic E-state index is 12.4. The van der Waals surface area contributed by atoms with Crippen LogP contribution in [-0.4, -0.2) is 29.9 Å². The molecule has 17 heavy (non-hydrogen) atoms. The molecule has 3 fully saturated rings. The molecule has 0 bridgehead atoms.